The topological polar surface area (TPSA) is 20.2 Å². The molecule has 0 aromatic carbocycles. The second-order valence-electron chi connectivity index (χ2n) is 0. The van der Waals surface area contributed by atoms with Crippen LogP contribution < -0.4 is 17.0 Å². The largest absolute Gasteiger partial charge is 2.00 e. The van der Waals surface area contributed by atoms with E-state index < -0.39 is 0 Å². The Morgan fingerprint density at radius 1 is 1.25 bits per heavy atom. The molecule has 0 aliphatic carbocycles. The van der Waals surface area contributed by atoms with Crippen LogP contribution in [0.3, 0.4) is 0 Å². The first-order valence-corrected chi connectivity index (χ1v) is 0.447. The minimum Gasteiger partial charge on any atom is -1.00 e. The molecule has 4 heavy (non-hydrogen) atoms. The molecule has 0 atom stereocenters. The van der Waals surface area contributed by atoms with E-state index in [-0.39, 0.29) is 44.3 Å². The standard InChI is InChI=1S/CH4O.BrH.Cd/c1-2;;/h2H,1H3;1H;/q;;+2/p-1. The van der Waals surface area contributed by atoms with Gasteiger partial charge < -0.3 is 22.1 Å². The molecule has 0 aromatic heterocycles. The van der Waals surface area contributed by atoms with E-state index in [9.17, 15) is 0 Å². The average Bonchev–Trinajstić information content (AvgIpc) is 1.00. The Kier molecular flexibility index (Phi) is 122. The number of aliphatic hydroxyl groups excluding tert-OH is 1. The predicted octanol–water partition coefficient (Wildman–Crippen LogP) is -3.39. The van der Waals surface area contributed by atoms with Crippen molar-refractivity contribution in [2.24, 2.45) is 0 Å². The van der Waals surface area contributed by atoms with Gasteiger partial charge in [0.05, 0.1) is 0 Å². The summed E-state index contributed by atoms with van der Waals surface area (Å²) in [6.45, 7) is 0. The van der Waals surface area contributed by atoms with Crippen molar-refractivity contribution >= 4 is 0 Å². The van der Waals surface area contributed by atoms with Gasteiger partial charge in [-0.1, -0.05) is 0 Å². The SMILES string of the molecule is CO.[Br-].[Cd+2]. The normalized spacial score (nSPS) is 1.50. The summed E-state index contributed by atoms with van der Waals surface area (Å²) in [5.41, 5.74) is 0. The molecule has 0 aliphatic rings. The third-order valence-corrected chi connectivity index (χ3v) is 0. The molecule has 0 heterocycles. The van der Waals surface area contributed by atoms with Crippen molar-refractivity contribution in [2.75, 3.05) is 7.11 Å². The Hall–Kier alpha value is 1.36. The van der Waals surface area contributed by atoms with Gasteiger partial charge in [-0.3, -0.25) is 0 Å². The van der Waals surface area contributed by atoms with Crippen molar-refractivity contribution in [3.05, 3.63) is 0 Å². The molecule has 0 bridgehead atoms. The summed E-state index contributed by atoms with van der Waals surface area (Å²) in [6, 6.07) is 0. The summed E-state index contributed by atoms with van der Waals surface area (Å²) in [6.07, 6.45) is 0. The van der Waals surface area contributed by atoms with E-state index in [1.165, 1.54) is 0 Å². The monoisotopic (exact) mass is 225 g/mol. The van der Waals surface area contributed by atoms with Gasteiger partial charge in [0.15, 0.2) is 0 Å². The maximum atomic E-state index is 7.00. The molecule has 1 nitrogen and oxygen atoms in total. The third kappa shape index (κ3) is 10.1. The molecule has 0 saturated heterocycles. The first kappa shape index (κ1) is 18.3. The Morgan fingerprint density at radius 2 is 1.25 bits per heavy atom. The van der Waals surface area contributed by atoms with Crippen molar-refractivity contribution in [1.82, 2.24) is 0 Å². The maximum Gasteiger partial charge on any atom is 2.00 e. The molecule has 0 unspecified atom stereocenters. The van der Waals surface area contributed by atoms with Crippen molar-refractivity contribution in [1.29, 1.82) is 0 Å². The molecule has 0 aliphatic heterocycles. The van der Waals surface area contributed by atoms with E-state index in [1.54, 1.807) is 0 Å². The van der Waals surface area contributed by atoms with E-state index >= 15 is 0 Å². The van der Waals surface area contributed by atoms with Crippen molar-refractivity contribution in [3.8, 4) is 0 Å². The van der Waals surface area contributed by atoms with Gasteiger partial charge in [-0.25, -0.2) is 0 Å². The molecule has 0 radical (unpaired) electrons. The zero-order valence-corrected chi connectivity index (χ0v) is 8.15. The van der Waals surface area contributed by atoms with Gasteiger partial charge in [-0.15, -0.1) is 0 Å². The molecular weight excluding hydrogens is 220 g/mol. The average molecular weight is 224 g/mol. The second kappa shape index (κ2) is 26.6. The Morgan fingerprint density at radius 3 is 1.25 bits per heavy atom. The van der Waals surface area contributed by atoms with Crippen LogP contribution in [0.2, 0.25) is 0 Å². The van der Waals surface area contributed by atoms with Crippen LogP contribution in [0, 0.1) is 0 Å². The molecular formula is CH4BrCdO+. The van der Waals surface area contributed by atoms with E-state index in [0.29, 0.717) is 0 Å². The van der Waals surface area contributed by atoms with Gasteiger partial charge >= 0.3 is 27.3 Å². The van der Waals surface area contributed by atoms with Crippen LogP contribution in [-0.4, -0.2) is 12.2 Å². The summed E-state index contributed by atoms with van der Waals surface area (Å²) in [5, 5.41) is 7.00. The van der Waals surface area contributed by atoms with Crippen LogP contribution in [0.1, 0.15) is 0 Å². The predicted molar refractivity (Wildman–Crippen MR) is 8.14 cm³/mol. The van der Waals surface area contributed by atoms with Crippen molar-refractivity contribution < 1.29 is 49.4 Å². The van der Waals surface area contributed by atoms with Gasteiger partial charge in [-0.2, -0.15) is 0 Å². The molecule has 0 fully saturated rings. The zero-order valence-electron chi connectivity index (χ0n) is 2.53. The Bertz CT molecular complexity index is 8.00. The summed E-state index contributed by atoms with van der Waals surface area (Å²) < 4.78 is 0. The van der Waals surface area contributed by atoms with Crippen molar-refractivity contribution in [3.63, 3.8) is 0 Å². The van der Waals surface area contributed by atoms with E-state index in [1.807, 2.05) is 0 Å². The minimum atomic E-state index is 0. The zero-order chi connectivity index (χ0) is 2.00. The Labute approximate surface area is 56.3 Å². The first-order chi connectivity index (χ1) is 1.00. The first-order valence-electron chi connectivity index (χ1n) is 0.447. The number of halogens is 1. The summed E-state index contributed by atoms with van der Waals surface area (Å²) in [5.74, 6) is 0. The van der Waals surface area contributed by atoms with Crippen molar-refractivity contribution in [2.45, 2.75) is 0 Å². The van der Waals surface area contributed by atoms with E-state index in [4.69, 9.17) is 5.11 Å². The number of rotatable bonds is 0. The number of aliphatic hydroxyl groups is 1. The Balaban J connectivity index is -0.00000000500. The van der Waals surface area contributed by atoms with Crippen LogP contribution >= 0.6 is 0 Å². The fourth-order valence-electron chi connectivity index (χ4n) is 0. The number of hydrogen-bond donors (Lipinski definition) is 1. The molecule has 3 heteroatoms. The van der Waals surface area contributed by atoms with Gasteiger partial charge in [0, 0.05) is 7.11 Å². The smallest absolute Gasteiger partial charge is 1.00 e. The quantitative estimate of drug-likeness (QED) is 0.426. The van der Waals surface area contributed by atoms with Crippen LogP contribution in [0.15, 0.2) is 0 Å². The van der Waals surface area contributed by atoms with Crippen LogP contribution in [0.4, 0.5) is 0 Å². The number of hydrogen-bond acceptors (Lipinski definition) is 1. The van der Waals surface area contributed by atoms with Gasteiger partial charge in [0.2, 0.25) is 0 Å². The molecule has 22 valence electrons. The minimum absolute atomic E-state index is 0. The summed E-state index contributed by atoms with van der Waals surface area (Å²) in [7, 11) is 1.00. The molecule has 0 spiro atoms. The molecule has 0 aromatic rings. The fraction of sp³-hybridized carbons (Fsp3) is 1.00. The van der Waals surface area contributed by atoms with Crippen LogP contribution in [0.5, 0.6) is 0 Å². The summed E-state index contributed by atoms with van der Waals surface area (Å²) >= 11 is 0. The van der Waals surface area contributed by atoms with Gasteiger partial charge in [-0.05, 0) is 0 Å². The summed E-state index contributed by atoms with van der Waals surface area (Å²) in [4.78, 5) is 0. The van der Waals surface area contributed by atoms with Crippen LogP contribution in [0.25, 0.3) is 0 Å². The molecule has 0 rings (SSSR count). The third-order valence-electron chi connectivity index (χ3n) is 0. The molecule has 0 saturated carbocycles. The fourth-order valence-corrected chi connectivity index (χ4v) is 0. The second-order valence-corrected chi connectivity index (χ2v) is 0. The van der Waals surface area contributed by atoms with Gasteiger partial charge in [0.25, 0.3) is 0 Å². The molecule has 0 amide bonds. The van der Waals surface area contributed by atoms with Gasteiger partial charge in [0.1, 0.15) is 0 Å². The van der Waals surface area contributed by atoms with E-state index in [2.05, 4.69) is 0 Å². The maximum absolute atomic E-state index is 7.00. The van der Waals surface area contributed by atoms with E-state index in [0.717, 1.165) is 7.11 Å². The molecule has 1 N–H and O–H groups in total. The van der Waals surface area contributed by atoms with Crippen LogP contribution in [-0.2, 0) is 27.3 Å².